The number of nitrogens with zero attached hydrogens (tertiary/aromatic N) is 1. The van der Waals surface area contributed by atoms with Gasteiger partial charge < -0.3 is 19.5 Å². The number of aryl methyl sites for hydroxylation is 1. The van der Waals surface area contributed by atoms with Gasteiger partial charge in [-0.1, -0.05) is 35.9 Å². The summed E-state index contributed by atoms with van der Waals surface area (Å²) in [6, 6.07) is 12.6. The average molecular weight is 369 g/mol. The van der Waals surface area contributed by atoms with Gasteiger partial charge in [-0.2, -0.15) is 0 Å². The van der Waals surface area contributed by atoms with Crippen molar-refractivity contribution in [3.63, 3.8) is 0 Å². The van der Waals surface area contributed by atoms with Crippen molar-refractivity contribution < 1.29 is 24.2 Å². The number of ether oxygens (including phenoxy) is 2. The largest absolute Gasteiger partial charge is 0.504 e. The van der Waals surface area contributed by atoms with Gasteiger partial charge in [-0.25, -0.2) is 4.79 Å². The van der Waals surface area contributed by atoms with E-state index in [4.69, 9.17) is 9.47 Å². The maximum atomic E-state index is 12.1. The lowest BCUT2D eigenvalue weighted by molar-refractivity contribution is -0.147. The lowest BCUT2D eigenvalue weighted by Crippen LogP contribution is -2.30. The summed E-state index contributed by atoms with van der Waals surface area (Å²) in [5, 5.41) is 9.55. The number of aromatic hydroxyl groups is 1. The number of hydrogen-bond donors (Lipinski definition) is 1. The van der Waals surface area contributed by atoms with Gasteiger partial charge in [0.1, 0.15) is 0 Å². The van der Waals surface area contributed by atoms with E-state index in [1.165, 1.54) is 30.2 Å². The molecule has 0 saturated carbocycles. The molecule has 0 bridgehead atoms. The molecule has 0 saturated heterocycles. The highest BCUT2D eigenvalue weighted by Crippen LogP contribution is 2.26. The van der Waals surface area contributed by atoms with Crippen LogP contribution in [0.2, 0.25) is 0 Å². The molecule has 1 N–H and O–H groups in total. The molecule has 6 heteroatoms. The van der Waals surface area contributed by atoms with Crippen molar-refractivity contribution in [3.05, 3.63) is 65.2 Å². The number of carbonyl (C=O) groups excluding carboxylic acids is 2. The third kappa shape index (κ3) is 6.18. The van der Waals surface area contributed by atoms with E-state index in [9.17, 15) is 14.7 Å². The van der Waals surface area contributed by atoms with Crippen molar-refractivity contribution in [1.29, 1.82) is 0 Å². The summed E-state index contributed by atoms with van der Waals surface area (Å²) in [7, 11) is 3.10. The maximum Gasteiger partial charge on any atom is 0.331 e. The Hall–Kier alpha value is -3.28. The number of benzene rings is 2. The molecule has 0 aromatic heterocycles. The van der Waals surface area contributed by atoms with Crippen molar-refractivity contribution in [2.24, 2.45) is 0 Å². The van der Waals surface area contributed by atoms with Crippen LogP contribution in [0.4, 0.5) is 0 Å². The Balaban J connectivity index is 1.83. The van der Waals surface area contributed by atoms with E-state index in [0.29, 0.717) is 17.9 Å². The Bertz CT molecular complexity index is 827. The van der Waals surface area contributed by atoms with Gasteiger partial charge in [0.2, 0.25) is 0 Å². The molecule has 0 heterocycles. The molecule has 142 valence electrons. The predicted octanol–water partition coefficient (Wildman–Crippen LogP) is 2.92. The van der Waals surface area contributed by atoms with Gasteiger partial charge in [-0.15, -0.1) is 0 Å². The highest BCUT2D eigenvalue weighted by atomic mass is 16.5. The molecule has 0 spiro atoms. The van der Waals surface area contributed by atoms with E-state index in [-0.39, 0.29) is 18.3 Å². The van der Waals surface area contributed by atoms with Crippen LogP contribution in [0.3, 0.4) is 0 Å². The normalized spacial score (nSPS) is 10.6. The second-order valence-electron chi connectivity index (χ2n) is 6.11. The molecule has 2 aromatic rings. The van der Waals surface area contributed by atoms with Gasteiger partial charge in [0.15, 0.2) is 18.1 Å². The zero-order valence-corrected chi connectivity index (χ0v) is 15.6. The number of carbonyl (C=O) groups is 2. The molecule has 0 aliphatic rings. The number of phenols is 1. The first kappa shape index (κ1) is 20.0. The molecular weight excluding hydrogens is 346 g/mol. The summed E-state index contributed by atoms with van der Waals surface area (Å²) < 4.78 is 9.99. The SMILES string of the molecule is COc1cc(/C=C/C(=O)OCC(=O)N(C)Cc2ccc(C)cc2)ccc1O. The van der Waals surface area contributed by atoms with Gasteiger partial charge in [-0.05, 0) is 36.3 Å². The lowest BCUT2D eigenvalue weighted by Gasteiger charge is -2.17. The average Bonchev–Trinajstić information content (AvgIpc) is 2.67. The lowest BCUT2D eigenvalue weighted by atomic mass is 10.1. The minimum atomic E-state index is -0.626. The van der Waals surface area contributed by atoms with Crippen LogP contribution in [-0.2, 0) is 20.9 Å². The third-order valence-corrected chi connectivity index (χ3v) is 3.92. The van der Waals surface area contributed by atoms with E-state index in [1.54, 1.807) is 19.2 Å². The monoisotopic (exact) mass is 369 g/mol. The molecular formula is C21H23NO5. The summed E-state index contributed by atoms with van der Waals surface area (Å²) in [5.74, 6) is -0.597. The van der Waals surface area contributed by atoms with E-state index < -0.39 is 5.97 Å². The molecule has 0 aliphatic carbocycles. The number of phenolic OH excluding ortho intramolecular Hbond substituents is 1. The molecule has 2 rings (SSSR count). The summed E-state index contributed by atoms with van der Waals surface area (Å²) in [4.78, 5) is 25.4. The Labute approximate surface area is 158 Å². The van der Waals surface area contributed by atoms with Crippen LogP contribution in [-0.4, -0.2) is 42.6 Å². The van der Waals surface area contributed by atoms with Gasteiger partial charge in [0, 0.05) is 19.7 Å². The fourth-order valence-electron chi connectivity index (χ4n) is 2.31. The van der Waals surface area contributed by atoms with Crippen molar-refractivity contribution in [2.75, 3.05) is 20.8 Å². The molecule has 27 heavy (non-hydrogen) atoms. The van der Waals surface area contributed by atoms with E-state index in [2.05, 4.69) is 0 Å². The van der Waals surface area contributed by atoms with Crippen molar-refractivity contribution in [2.45, 2.75) is 13.5 Å². The number of hydrogen-bond acceptors (Lipinski definition) is 5. The highest BCUT2D eigenvalue weighted by molar-refractivity contribution is 5.89. The molecule has 1 amide bonds. The Morgan fingerprint density at radius 3 is 2.52 bits per heavy atom. The Kier molecular flexibility index (Phi) is 7.00. The number of methoxy groups -OCH3 is 1. The second kappa shape index (κ2) is 9.43. The third-order valence-electron chi connectivity index (χ3n) is 3.92. The molecule has 0 atom stereocenters. The fraction of sp³-hybridized carbons (Fsp3) is 0.238. The molecule has 0 aliphatic heterocycles. The summed E-state index contributed by atoms with van der Waals surface area (Å²) in [6.45, 7) is 2.12. The maximum absolute atomic E-state index is 12.1. The second-order valence-corrected chi connectivity index (χ2v) is 6.11. The topological polar surface area (TPSA) is 76.1 Å². The first-order chi connectivity index (χ1) is 12.9. The van der Waals surface area contributed by atoms with Gasteiger partial charge in [0.25, 0.3) is 5.91 Å². The van der Waals surface area contributed by atoms with Crippen molar-refractivity contribution in [1.82, 2.24) is 4.90 Å². The minimum absolute atomic E-state index is 0.0134. The van der Waals surface area contributed by atoms with Gasteiger partial charge in [0.05, 0.1) is 7.11 Å². The molecule has 0 radical (unpaired) electrons. The molecule has 0 fully saturated rings. The number of likely N-dealkylation sites (N-methyl/N-ethyl adjacent to an activating group) is 1. The van der Waals surface area contributed by atoms with Crippen LogP contribution < -0.4 is 4.74 Å². The van der Waals surface area contributed by atoms with Crippen LogP contribution in [0, 0.1) is 6.92 Å². The smallest absolute Gasteiger partial charge is 0.331 e. The minimum Gasteiger partial charge on any atom is -0.504 e. The van der Waals surface area contributed by atoms with Crippen LogP contribution in [0.5, 0.6) is 11.5 Å². The standard InChI is InChI=1S/C21H23NO5/c1-15-4-6-17(7-5-15)13-22(2)20(24)14-27-21(25)11-9-16-8-10-18(23)19(12-16)26-3/h4-12,23H,13-14H2,1-3H3/b11-9+. The number of rotatable bonds is 7. The van der Waals surface area contributed by atoms with E-state index in [0.717, 1.165) is 11.1 Å². The highest BCUT2D eigenvalue weighted by Gasteiger charge is 2.11. The first-order valence-electron chi connectivity index (χ1n) is 8.40. The van der Waals surface area contributed by atoms with E-state index in [1.807, 2.05) is 31.2 Å². The van der Waals surface area contributed by atoms with Crippen LogP contribution >= 0.6 is 0 Å². The molecule has 6 nitrogen and oxygen atoms in total. The van der Waals surface area contributed by atoms with Crippen LogP contribution in [0.25, 0.3) is 6.08 Å². The predicted molar refractivity (Wildman–Crippen MR) is 102 cm³/mol. The summed E-state index contributed by atoms with van der Waals surface area (Å²) >= 11 is 0. The quantitative estimate of drug-likeness (QED) is 0.600. The van der Waals surface area contributed by atoms with Gasteiger partial charge >= 0.3 is 5.97 Å². The van der Waals surface area contributed by atoms with Crippen molar-refractivity contribution >= 4 is 18.0 Å². The van der Waals surface area contributed by atoms with Crippen molar-refractivity contribution in [3.8, 4) is 11.5 Å². The van der Waals surface area contributed by atoms with E-state index >= 15 is 0 Å². The summed E-state index contributed by atoms with van der Waals surface area (Å²) in [6.07, 6.45) is 2.74. The summed E-state index contributed by atoms with van der Waals surface area (Å²) in [5.41, 5.74) is 2.81. The van der Waals surface area contributed by atoms with Crippen LogP contribution in [0.15, 0.2) is 48.5 Å². The molecule has 0 unspecified atom stereocenters. The Morgan fingerprint density at radius 2 is 1.85 bits per heavy atom. The molecule has 2 aromatic carbocycles. The van der Waals surface area contributed by atoms with Gasteiger partial charge in [-0.3, -0.25) is 4.79 Å². The zero-order chi connectivity index (χ0) is 19.8. The fourth-order valence-corrected chi connectivity index (χ4v) is 2.31. The zero-order valence-electron chi connectivity index (χ0n) is 15.6. The van der Waals surface area contributed by atoms with Crippen LogP contribution in [0.1, 0.15) is 16.7 Å². The Morgan fingerprint density at radius 1 is 1.15 bits per heavy atom. The number of amides is 1. The first-order valence-corrected chi connectivity index (χ1v) is 8.40. The number of esters is 1.